The zero-order valence-corrected chi connectivity index (χ0v) is 9.60. The summed E-state index contributed by atoms with van der Waals surface area (Å²) in [5, 5.41) is 5.66. The molecule has 1 aliphatic rings. The molecule has 0 aliphatic carbocycles. The fraction of sp³-hybridized carbons (Fsp3) is 0.417. The Labute approximate surface area is 102 Å². The molecule has 0 unspecified atom stereocenters. The van der Waals surface area contributed by atoms with Crippen LogP contribution in [0, 0.1) is 17.5 Å². The molecule has 1 aromatic rings. The number of hydrogen-bond donors (Lipinski definition) is 2. The van der Waals surface area contributed by atoms with E-state index in [1.54, 1.807) is 0 Å². The highest BCUT2D eigenvalue weighted by Gasteiger charge is 2.22. The highest BCUT2D eigenvalue weighted by molar-refractivity contribution is 5.94. The molecule has 2 rings (SSSR count). The van der Waals surface area contributed by atoms with Gasteiger partial charge in [0.15, 0.2) is 0 Å². The van der Waals surface area contributed by atoms with Gasteiger partial charge in [-0.2, -0.15) is 0 Å². The Morgan fingerprint density at radius 1 is 1.17 bits per heavy atom. The number of carbonyl (C=O) groups is 1. The lowest BCUT2D eigenvalue weighted by Crippen LogP contribution is -2.43. The summed E-state index contributed by atoms with van der Waals surface area (Å²) < 4.78 is 39.4. The van der Waals surface area contributed by atoms with E-state index in [-0.39, 0.29) is 6.04 Å². The quantitative estimate of drug-likeness (QED) is 0.845. The van der Waals surface area contributed by atoms with Crippen molar-refractivity contribution in [2.45, 2.75) is 18.9 Å². The first-order valence-corrected chi connectivity index (χ1v) is 5.74. The predicted molar refractivity (Wildman–Crippen MR) is 59.7 cm³/mol. The number of benzene rings is 1. The van der Waals surface area contributed by atoms with Crippen LogP contribution in [0.3, 0.4) is 0 Å². The molecule has 98 valence electrons. The molecule has 0 bridgehead atoms. The lowest BCUT2D eigenvalue weighted by molar-refractivity contribution is 0.0921. The van der Waals surface area contributed by atoms with Gasteiger partial charge in [0, 0.05) is 18.2 Å². The van der Waals surface area contributed by atoms with Gasteiger partial charge in [-0.25, -0.2) is 13.2 Å². The maximum atomic E-state index is 13.4. The normalized spacial score (nSPS) is 16.6. The summed E-state index contributed by atoms with van der Waals surface area (Å²) in [5.74, 6) is -4.24. The van der Waals surface area contributed by atoms with Gasteiger partial charge in [-0.05, 0) is 25.9 Å². The number of carbonyl (C=O) groups excluding carboxylic acids is 1. The van der Waals surface area contributed by atoms with Crippen molar-refractivity contribution in [3.63, 3.8) is 0 Å². The molecule has 0 saturated carbocycles. The van der Waals surface area contributed by atoms with Crippen molar-refractivity contribution in [3.05, 3.63) is 35.1 Å². The highest BCUT2D eigenvalue weighted by atomic mass is 19.1. The first-order valence-electron chi connectivity index (χ1n) is 5.74. The van der Waals surface area contributed by atoms with Crippen LogP contribution in [0.2, 0.25) is 0 Å². The molecule has 0 spiro atoms. The van der Waals surface area contributed by atoms with Crippen molar-refractivity contribution in [2.24, 2.45) is 0 Å². The van der Waals surface area contributed by atoms with Crippen molar-refractivity contribution in [3.8, 4) is 0 Å². The Kier molecular flexibility index (Phi) is 3.86. The van der Waals surface area contributed by atoms with Crippen LogP contribution in [0.4, 0.5) is 13.2 Å². The fourth-order valence-corrected chi connectivity index (χ4v) is 1.98. The molecule has 1 saturated heterocycles. The largest absolute Gasteiger partial charge is 0.349 e. The van der Waals surface area contributed by atoms with Crippen LogP contribution in [-0.4, -0.2) is 25.0 Å². The van der Waals surface area contributed by atoms with Crippen LogP contribution in [0.5, 0.6) is 0 Å². The van der Waals surface area contributed by atoms with E-state index in [2.05, 4.69) is 10.6 Å². The number of nitrogens with one attached hydrogen (secondary N) is 2. The van der Waals surface area contributed by atoms with Crippen LogP contribution in [-0.2, 0) is 0 Å². The molecule has 0 atom stereocenters. The summed E-state index contributed by atoms with van der Waals surface area (Å²) in [6, 6.07) is 0.892. The average Bonchev–Trinajstić information content (AvgIpc) is 2.28. The second kappa shape index (κ2) is 5.39. The molecule has 1 amide bonds. The minimum Gasteiger partial charge on any atom is -0.349 e. The molecule has 1 heterocycles. The molecular formula is C12H13F3N2O. The van der Waals surface area contributed by atoms with Crippen molar-refractivity contribution in [2.75, 3.05) is 13.1 Å². The standard InChI is InChI=1S/C12H13F3N2O/c13-7-5-9(14)11(10(15)6-7)12(18)17-8-1-3-16-4-2-8/h5-6,8,16H,1-4H2,(H,17,18). The Hall–Kier alpha value is -1.56. The zero-order valence-electron chi connectivity index (χ0n) is 9.60. The average molecular weight is 258 g/mol. The van der Waals surface area contributed by atoms with Crippen molar-refractivity contribution < 1.29 is 18.0 Å². The minimum absolute atomic E-state index is 0.109. The summed E-state index contributed by atoms with van der Waals surface area (Å²) >= 11 is 0. The number of amides is 1. The summed E-state index contributed by atoms with van der Waals surface area (Å²) in [6.45, 7) is 1.50. The monoisotopic (exact) mass is 258 g/mol. The van der Waals surface area contributed by atoms with Crippen LogP contribution in [0.25, 0.3) is 0 Å². The summed E-state index contributed by atoms with van der Waals surface area (Å²) in [4.78, 5) is 11.7. The topological polar surface area (TPSA) is 41.1 Å². The molecular weight excluding hydrogens is 245 g/mol. The summed E-state index contributed by atoms with van der Waals surface area (Å²) in [7, 11) is 0. The zero-order chi connectivity index (χ0) is 13.1. The van der Waals surface area contributed by atoms with Gasteiger partial charge in [-0.3, -0.25) is 4.79 Å². The third-order valence-corrected chi connectivity index (χ3v) is 2.91. The number of piperidine rings is 1. The third kappa shape index (κ3) is 2.81. The van der Waals surface area contributed by atoms with E-state index in [0.29, 0.717) is 25.0 Å². The van der Waals surface area contributed by atoms with Gasteiger partial charge in [-0.1, -0.05) is 0 Å². The molecule has 0 radical (unpaired) electrons. The molecule has 1 fully saturated rings. The first kappa shape index (κ1) is 12.9. The Morgan fingerprint density at radius 2 is 1.72 bits per heavy atom. The van der Waals surface area contributed by atoms with Crippen LogP contribution in [0.15, 0.2) is 12.1 Å². The van der Waals surface area contributed by atoms with Crippen molar-refractivity contribution in [1.82, 2.24) is 10.6 Å². The SMILES string of the molecule is O=C(NC1CCNCC1)c1c(F)cc(F)cc1F. The minimum atomic E-state index is -1.18. The lowest BCUT2D eigenvalue weighted by atomic mass is 10.1. The van der Waals surface area contributed by atoms with E-state index in [1.165, 1.54) is 0 Å². The van der Waals surface area contributed by atoms with E-state index in [9.17, 15) is 18.0 Å². The Morgan fingerprint density at radius 3 is 2.28 bits per heavy atom. The smallest absolute Gasteiger partial charge is 0.257 e. The second-order valence-electron chi connectivity index (χ2n) is 4.24. The molecule has 2 N–H and O–H groups in total. The Balaban J connectivity index is 2.13. The van der Waals surface area contributed by atoms with Crippen molar-refractivity contribution >= 4 is 5.91 Å². The maximum Gasteiger partial charge on any atom is 0.257 e. The molecule has 6 heteroatoms. The van der Waals surface area contributed by atoms with Gasteiger partial charge >= 0.3 is 0 Å². The molecule has 1 aliphatic heterocycles. The van der Waals surface area contributed by atoms with Crippen LogP contribution < -0.4 is 10.6 Å². The molecule has 3 nitrogen and oxygen atoms in total. The van der Waals surface area contributed by atoms with E-state index < -0.39 is 28.9 Å². The van der Waals surface area contributed by atoms with Gasteiger partial charge in [0.25, 0.3) is 5.91 Å². The Bertz CT molecular complexity index is 436. The fourth-order valence-electron chi connectivity index (χ4n) is 1.98. The molecule has 18 heavy (non-hydrogen) atoms. The molecule has 0 aromatic heterocycles. The van der Waals surface area contributed by atoms with Gasteiger partial charge < -0.3 is 10.6 Å². The number of hydrogen-bond acceptors (Lipinski definition) is 2. The predicted octanol–water partition coefficient (Wildman–Crippen LogP) is 1.59. The van der Waals surface area contributed by atoms with E-state index in [4.69, 9.17) is 0 Å². The van der Waals surface area contributed by atoms with Crippen LogP contribution >= 0.6 is 0 Å². The third-order valence-electron chi connectivity index (χ3n) is 2.91. The van der Waals surface area contributed by atoms with Gasteiger partial charge in [0.1, 0.15) is 23.0 Å². The number of rotatable bonds is 2. The van der Waals surface area contributed by atoms with E-state index in [1.807, 2.05) is 0 Å². The van der Waals surface area contributed by atoms with Gasteiger partial charge in [0.05, 0.1) is 0 Å². The molecule has 1 aromatic carbocycles. The van der Waals surface area contributed by atoms with Gasteiger partial charge in [-0.15, -0.1) is 0 Å². The summed E-state index contributed by atoms with van der Waals surface area (Å²) in [6.07, 6.45) is 1.41. The van der Waals surface area contributed by atoms with Gasteiger partial charge in [0.2, 0.25) is 0 Å². The first-order chi connectivity index (χ1) is 8.58. The number of halogens is 3. The van der Waals surface area contributed by atoms with Crippen LogP contribution in [0.1, 0.15) is 23.2 Å². The van der Waals surface area contributed by atoms with Crippen molar-refractivity contribution in [1.29, 1.82) is 0 Å². The van der Waals surface area contributed by atoms with E-state index >= 15 is 0 Å². The highest BCUT2D eigenvalue weighted by Crippen LogP contribution is 2.15. The lowest BCUT2D eigenvalue weighted by Gasteiger charge is -2.23. The summed E-state index contributed by atoms with van der Waals surface area (Å²) in [5.41, 5.74) is -0.727. The second-order valence-corrected chi connectivity index (χ2v) is 4.24. The van der Waals surface area contributed by atoms with E-state index in [0.717, 1.165) is 13.1 Å². The maximum absolute atomic E-state index is 13.4.